The normalized spacial score (nSPS) is 17.5. The maximum atomic E-state index is 12.8. The zero-order valence-electron chi connectivity index (χ0n) is 18.1. The number of piperidine rings is 1. The third-order valence-corrected chi connectivity index (χ3v) is 5.67. The number of hydrogen-bond donors (Lipinski definition) is 0. The molecule has 0 saturated carbocycles. The number of ether oxygens (including phenoxy) is 1. The van der Waals surface area contributed by atoms with E-state index in [1.165, 1.54) is 19.3 Å². The molecule has 1 aliphatic rings. The number of esters is 1. The van der Waals surface area contributed by atoms with Crippen molar-refractivity contribution in [2.24, 2.45) is 5.92 Å². The van der Waals surface area contributed by atoms with Crippen LogP contribution in [0.2, 0.25) is 0 Å². The van der Waals surface area contributed by atoms with E-state index in [1.54, 1.807) is 0 Å². The molecule has 0 radical (unpaired) electrons. The minimum absolute atomic E-state index is 0.345. The van der Waals surface area contributed by atoms with E-state index in [2.05, 4.69) is 24.8 Å². The zero-order valence-corrected chi connectivity index (χ0v) is 18.1. The minimum atomic E-state index is -1.06. The summed E-state index contributed by atoms with van der Waals surface area (Å²) in [6.07, 6.45) is 7.61. The average molecular weight is 409 g/mol. The summed E-state index contributed by atoms with van der Waals surface area (Å²) < 4.78 is 5.46. The fourth-order valence-electron chi connectivity index (χ4n) is 4.00. The number of carbonyl (C=O) groups excluding carboxylic acids is 1. The van der Waals surface area contributed by atoms with Gasteiger partial charge in [0.25, 0.3) is 0 Å². The highest BCUT2D eigenvalue weighted by Crippen LogP contribution is 2.30. The lowest BCUT2D eigenvalue weighted by Crippen LogP contribution is -2.36. The molecule has 0 spiro atoms. The van der Waals surface area contributed by atoms with E-state index < -0.39 is 11.9 Å². The van der Waals surface area contributed by atoms with Gasteiger partial charge in [0, 0.05) is 13.1 Å². The Hall–Kier alpha value is -2.68. The van der Waals surface area contributed by atoms with Crippen LogP contribution in [0.25, 0.3) is 11.0 Å². The van der Waals surface area contributed by atoms with E-state index >= 15 is 0 Å². The lowest BCUT2D eigenvalue weighted by Gasteiger charge is -2.33. The molecule has 0 amide bonds. The summed E-state index contributed by atoms with van der Waals surface area (Å²) in [6, 6.07) is 9.72. The van der Waals surface area contributed by atoms with Gasteiger partial charge in [-0.2, -0.15) is 5.26 Å². The molecule has 0 N–H and O–H groups in total. The van der Waals surface area contributed by atoms with Crippen LogP contribution in [-0.4, -0.2) is 35.6 Å². The van der Waals surface area contributed by atoms with Crippen molar-refractivity contribution in [3.63, 3.8) is 0 Å². The summed E-state index contributed by atoms with van der Waals surface area (Å²) in [5.41, 5.74) is 1.88. The van der Waals surface area contributed by atoms with Gasteiger partial charge in [0.1, 0.15) is 5.69 Å². The van der Waals surface area contributed by atoms with E-state index in [1.807, 2.05) is 24.3 Å². The predicted molar refractivity (Wildman–Crippen MR) is 118 cm³/mol. The van der Waals surface area contributed by atoms with E-state index in [0.29, 0.717) is 29.6 Å². The number of carbonyl (C=O) groups is 1. The Morgan fingerprint density at radius 1 is 1.23 bits per heavy atom. The topological polar surface area (TPSA) is 79.1 Å². The molecule has 1 aromatic heterocycles. The second-order valence-corrected chi connectivity index (χ2v) is 8.26. The first-order chi connectivity index (χ1) is 14.6. The molecule has 2 aromatic rings. The Bertz CT molecular complexity index is 892. The van der Waals surface area contributed by atoms with Crippen molar-refractivity contribution in [3.8, 4) is 6.07 Å². The van der Waals surface area contributed by atoms with Gasteiger partial charge in [-0.05, 0) is 37.3 Å². The third kappa shape index (κ3) is 5.47. The highest BCUT2D eigenvalue weighted by atomic mass is 16.5. The summed E-state index contributed by atoms with van der Waals surface area (Å²) >= 11 is 0. The van der Waals surface area contributed by atoms with Gasteiger partial charge >= 0.3 is 5.97 Å². The SMILES string of the molecule is CCCCCCCOC(=O)C(C#N)c1nc2ccccc2nc1N1CCCC(C)C1. The molecule has 2 unspecified atom stereocenters. The summed E-state index contributed by atoms with van der Waals surface area (Å²) in [5.74, 6) is -0.406. The molecule has 0 aliphatic carbocycles. The van der Waals surface area contributed by atoms with Crippen molar-refractivity contribution in [2.75, 3.05) is 24.6 Å². The highest BCUT2D eigenvalue weighted by molar-refractivity contribution is 5.85. The number of unbranched alkanes of at least 4 members (excludes halogenated alkanes) is 4. The predicted octanol–water partition coefficient (Wildman–Crippen LogP) is 4.99. The van der Waals surface area contributed by atoms with Gasteiger partial charge < -0.3 is 9.64 Å². The number of nitriles is 1. The Balaban J connectivity index is 1.83. The Morgan fingerprint density at radius 2 is 1.97 bits per heavy atom. The molecule has 30 heavy (non-hydrogen) atoms. The Kier molecular flexibility index (Phi) is 8.01. The molecule has 2 heterocycles. The quantitative estimate of drug-likeness (QED) is 0.430. The van der Waals surface area contributed by atoms with E-state index in [-0.39, 0.29) is 0 Å². The summed E-state index contributed by atoms with van der Waals surface area (Å²) in [7, 11) is 0. The van der Waals surface area contributed by atoms with Crippen LogP contribution < -0.4 is 4.90 Å². The third-order valence-electron chi connectivity index (χ3n) is 5.67. The average Bonchev–Trinajstić information content (AvgIpc) is 2.76. The van der Waals surface area contributed by atoms with Gasteiger partial charge in [-0.15, -0.1) is 0 Å². The molecule has 1 saturated heterocycles. The number of rotatable bonds is 9. The first-order valence-electron chi connectivity index (χ1n) is 11.2. The molecule has 1 aromatic carbocycles. The number of hydrogen-bond acceptors (Lipinski definition) is 6. The first kappa shape index (κ1) is 22.0. The number of fused-ring (bicyclic) bond motifs is 1. The van der Waals surface area contributed by atoms with Crippen LogP contribution in [0.5, 0.6) is 0 Å². The van der Waals surface area contributed by atoms with Gasteiger partial charge in [-0.1, -0.05) is 51.7 Å². The van der Waals surface area contributed by atoms with Crippen molar-refractivity contribution in [1.29, 1.82) is 5.26 Å². The van der Waals surface area contributed by atoms with Crippen LogP contribution in [0.3, 0.4) is 0 Å². The van der Waals surface area contributed by atoms with Crippen LogP contribution in [0.1, 0.15) is 70.4 Å². The number of aromatic nitrogens is 2. The summed E-state index contributed by atoms with van der Waals surface area (Å²) in [6.45, 7) is 6.44. The van der Waals surface area contributed by atoms with Crippen LogP contribution in [0, 0.1) is 17.2 Å². The number of benzene rings is 1. The van der Waals surface area contributed by atoms with Gasteiger partial charge in [0.2, 0.25) is 0 Å². The molecule has 0 bridgehead atoms. The summed E-state index contributed by atoms with van der Waals surface area (Å²) in [4.78, 5) is 24.5. The largest absolute Gasteiger partial charge is 0.464 e. The smallest absolute Gasteiger partial charge is 0.329 e. The fourth-order valence-corrected chi connectivity index (χ4v) is 4.00. The molecule has 3 rings (SSSR count). The van der Waals surface area contributed by atoms with E-state index in [0.717, 1.165) is 44.3 Å². The monoisotopic (exact) mass is 408 g/mol. The van der Waals surface area contributed by atoms with Crippen molar-refractivity contribution in [1.82, 2.24) is 9.97 Å². The molecule has 1 fully saturated rings. The molecule has 6 heteroatoms. The standard InChI is InChI=1S/C24H32N4O2/c1-3-4-5-6-9-15-30-24(29)19(16-25)22-23(28-14-10-11-18(2)17-28)27-21-13-8-7-12-20(21)26-22/h7-8,12-13,18-19H,3-6,9-11,14-15,17H2,1-2H3. The van der Waals surface area contributed by atoms with Gasteiger partial charge in [-0.25, -0.2) is 9.97 Å². The maximum absolute atomic E-state index is 12.8. The maximum Gasteiger partial charge on any atom is 0.329 e. The van der Waals surface area contributed by atoms with Crippen molar-refractivity contribution in [2.45, 2.75) is 64.7 Å². The molecular formula is C24H32N4O2. The van der Waals surface area contributed by atoms with Gasteiger partial charge in [0.15, 0.2) is 11.7 Å². The van der Waals surface area contributed by atoms with Crippen LogP contribution in [0.4, 0.5) is 5.82 Å². The zero-order chi connectivity index (χ0) is 21.3. The van der Waals surface area contributed by atoms with Crippen LogP contribution in [0.15, 0.2) is 24.3 Å². The van der Waals surface area contributed by atoms with Gasteiger partial charge in [0.05, 0.1) is 23.7 Å². The second kappa shape index (κ2) is 10.9. The lowest BCUT2D eigenvalue weighted by atomic mass is 9.99. The Morgan fingerprint density at radius 3 is 2.67 bits per heavy atom. The first-order valence-corrected chi connectivity index (χ1v) is 11.2. The van der Waals surface area contributed by atoms with E-state index in [4.69, 9.17) is 14.7 Å². The second-order valence-electron chi connectivity index (χ2n) is 8.26. The number of para-hydroxylation sites is 2. The Labute approximate surface area is 179 Å². The van der Waals surface area contributed by atoms with Crippen molar-refractivity contribution in [3.05, 3.63) is 30.0 Å². The van der Waals surface area contributed by atoms with Crippen LogP contribution in [-0.2, 0) is 9.53 Å². The molecule has 2 atom stereocenters. The van der Waals surface area contributed by atoms with E-state index in [9.17, 15) is 10.1 Å². The number of anilines is 1. The summed E-state index contributed by atoms with van der Waals surface area (Å²) in [5, 5.41) is 9.83. The number of nitrogens with zero attached hydrogens (tertiary/aromatic N) is 4. The van der Waals surface area contributed by atoms with Gasteiger partial charge in [-0.3, -0.25) is 4.79 Å². The molecule has 6 nitrogen and oxygen atoms in total. The van der Waals surface area contributed by atoms with Crippen molar-refractivity contribution >= 4 is 22.8 Å². The fraction of sp³-hybridized carbons (Fsp3) is 0.583. The highest BCUT2D eigenvalue weighted by Gasteiger charge is 2.31. The molecule has 1 aliphatic heterocycles. The van der Waals surface area contributed by atoms with Crippen LogP contribution >= 0.6 is 0 Å². The molecule has 160 valence electrons. The minimum Gasteiger partial charge on any atom is -0.464 e. The lowest BCUT2D eigenvalue weighted by molar-refractivity contribution is -0.144. The molecular weight excluding hydrogens is 376 g/mol. The van der Waals surface area contributed by atoms with Crippen molar-refractivity contribution < 1.29 is 9.53 Å².